The molecule has 0 heterocycles. The van der Waals surface area contributed by atoms with Gasteiger partial charge >= 0.3 is 6.18 Å². The number of hydrogen-bond acceptors (Lipinski definition) is 4. The van der Waals surface area contributed by atoms with Crippen molar-refractivity contribution >= 4 is 39.1 Å². The Labute approximate surface area is 214 Å². The normalized spacial score (nSPS) is 13.1. The number of anilines is 1. The van der Waals surface area contributed by atoms with Crippen LogP contribution >= 0.6 is 11.6 Å². The van der Waals surface area contributed by atoms with Crippen LogP contribution in [0.5, 0.6) is 0 Å². The van der Waals surface area contributed by atoms with Crippen molar-refractivity contribution in [1.29, 1.82) is 0 Å². The molecule has 1 N–H and O–H groups in total. The molecule has 12 heteroatoms. The van der Waals surface area contributed by atoms with Crippen molar-refractivity contribution in [3.63, 3.8) is 0 Å². The van der Waals surface area contributed by atoms with E-state index in [1.807, 2.05) is 0 Å². The Morgan fingerprint density at radius 2 is 1.67 bits per heavy atom. The van der Waals surface area contributed by atoms with Crippen LogP contribution in [0.1, 0.15) is 38.8 Å². The second-order valence-electron chi connectivity index (χ2n) is 9.35. The average Bonchev–Trinajstić information content (AvgIpc) is 2.73. The maximum atomic E-state index is 13.5. The number of nitrogens with one attached hydrogen (secondary N) is 1. The maximum absolute atomic E-state index is 13.5. The minimum atomic E-state index is -4.71. The van der Waals surface area contributed by atoms with Crippen molar-refractivity contribution in [1.82, 2.24) is 10.2 Å². The van der Waals surface area contributed by atoms with E-state index in [4.69, 9.17) is 11.6 Å². The summed E-state index contributed by atoms with van der Waals surface area (Å²) in [6.45, 7) is 5.81. The summed E-state index contributed by atoms with van der Waals surface area (Å²) in [5.74, 6) is -1.29. The van der Waals surface area contributed by atoms with Gasteiger partial charge in [-0.2, -0.15) is 13.2 Å². The lowest BCUT2D eigenvalue weighted by atomic mass is 10.1. The van der Waals surface area contributed by atoms with Crippen LogP contribution in [0.15, 0.2) is 48.5 Å². The molecule has 0 fully saturated rings. The van der Waals surface area contributed by atoms with Gasteiger partial charge in [-0.05, 0) is 57.5 Å². The topological polar surface area (TPSA) is 86.8 Å². The summed E-state index contributed by atoms with van der Waals surface area (Å²) in [6, 6.07) is 9.26. The molecule has 36 heavy (non-hydrogen) atoms. The highest BCUT2D eigenvalue weighted by molar-refractivity contribution is 7.92. The molecule has 2 rings (SSSR count). The Bertz CT molecular complexity index is 1210. The molecule has 0 spiro atoms. The van der Waals surface area contributed by atoms with Crippen molar-refractivity contribution in [3.8, 4) is 0 Å². The van der Waals surface area contributed by atoms with Crippen LogP contribution < -0.4 is 9.62 Å². The molecule has 2 aromatic carbocycles. The van der Waals surface area contributed by atoms with Crippen molar-refractivity contribution in [3.05, 3.63) is 64.7 Å². The summed E-state index contributed by atoms with van der Waals surface area (Å²) in [6.07, 6.45) is -3.92. The molecule has 2 amide bonds. The zero-order valence-corrected chi connectivity index (χ0v) is 22.1. The first-order valence-electron chi connectivity index (χ1n) is 10.9. The number of nitrogens with zero attached hydrogens (tertiary/aromatic N) is 2. The van der Waals surface area contributed by atoms with E-state index in [9.17, 15) is 31.2 Å². The van der Waals surface area contributed by atoms with Crippen molar-refractivity contribution in [2.45, 2.75) is 52.0 Å². The highest BCUT2D eigenvalue weighted by atomic mass is 35.5. The molecular formula is C24H29ClF3N3O4S. The lowest BCUT2D eigenvalue weighted by Gasteiger charge is -2.33. The number of hydrogen-bond donors (Lipinski definition) is 1. The number of carbonyl (C=O) groups excluding carboxylic acids is 2. The number of carbonyl (C=O) groups is 2. The van der Waals surface area contributed by atoms with Gasteiger partial charge in [-0.25, -0.2) is 8.42 Å². The van der Waals surface area contributed by atoms with Crippen molar-refractivity contribution < 1.29 is 31.2 Å². The molecule has 0 unspecified atom stereocenters. The molecule has 2 aromatic rings. The molecule has 0 radical (unpaired) electrons. The summed E-state index contributed by atoms with van der Waals surface area (Å²) in [5.41, 5.74) is -1.49. The summed E-state index contributed by atoms with van der Waals surface area (Å²) >= 11 is 6.25. The van der Waals surface area contributed by atoms with Gasteiger partial charge in [0, 0.05) is 17.1 Å². The molecule has 7 nitrogen and oxygen atoms in total. The summed E-state index contributed by atoms with van der Waals surface area (Å²) in [4.78, 5) is 27.5. The highest BCUT2D eigenvalue weighted by Crippen LogP contribution is 2.32. The Balaban J connectivity index is 2.47. The van der Waals surface area contributed by atoms with Crippen molar-refractivity contribution in [2.75, 3.05) is 17.1 Å². The molecule has 1 atom stereocenters. The largest absolute Gasteiger partial charge is 0.416 e. The number of rotatable bonds is 8. The van der Waals surface area contributed by atoms with Gasteiger partial charge in [0.15, 0.2) is 0 Å². The standard InChI is InChI=1S/C24H29ClF3N3O4S/c1-16(22(33)29-23(2,3)4)30(14-17-9-6-7-12-20(17)25)21(32)15-31(36(5,34)35)19-11-8-10-18(13-19)24(26,27)28/h6-13,16H,14-15H2,1-5H3,(H,29,33)/t16-/m1/s1. The quantitative estimate of drug-likeness (QED) is 0.529. The first-order valence-corrected chi connectivity index (χ1v) is 13.1. The smallest absolute Gasteiger partial charge is 0.350 e. The van der Waals surface area contributed by atoms with Crippen LogP contribution in [-0.4, -0.2) is 49.5 Å². The zero-order valence-electron chi connectivity index (χ0n) is 20.6. The second kappa shape index (κ2) is 11.1. The fourth-order valence-corrected chi connectivity index (χ4v) is 4.35. The first kappa shape index (κ1) is 29.4. The molecule has 0 aliphatic carbocycles. The van der Waals surface area contributed by atoms with E-state index in [1.54, 1.807) is 45.0 Å². The molecule has 0 saturated carbocycles. The lowest BCUT2D eigenvalue weighted by Crippen LogP contribution is -2.54. The van der Waals surface area contributed by atoms with Gasteiger partial charge < -0.3 is 10.2 Å². The molecule has 0 bridgehead atoms. The number of alkyl halides is 3. The number of benzene rings is 2. The van der Waals surface area contributed by atoms with Crippen LogP contribution in [0.2, 0.25) is 5.02 Å². The Hall–Kier alpha value is -2.79. The van der Waals surface area contributed by atoms with Gasteiger partial charge in [-0.3, -0.25) is 13.9 Å². The van der Waals surface area contributed by atoms with Crippen LogP contribution in [0.25, 0.3) is 0 Å². The van der Waals surface area contributed by atoms with E-state index in [2.05, 4.69) is 5.32 Å². The summed E-state index contributed by atoms with van der Waals surface area (Å²) in [5, 5.41) is 3.10. The van der Waals surface area contributed by atoms with Gasteiger partial charge in [0.05, 0.1) is 17.5 Å². The fraction of sp³-hybridized carbons (Fsp3) is 0.417. The van der Waals surface area contributed by atoms with E-state index in [-0.39, 0.29) is 12.2 Å². The van der Waals surface area contributed by atoms with E-state index in [1.165, 1.54) is 6.92 Å². The minimum absolute atomic E-state index is 0.128. The summed E-state index contributed by atoms with van der Waals surface area (Å²) < 4.78 is 65.3. The predicted molar refractivity (Wildman–Crippen MR) is 133 cm³/mol. The Kier molecular flexibility index (Phi) is 9.06. The summed E-state index contributed by atoms with van der Waals surface area (Å²) in [7, 11) is -4.17. The third kappa shape index (κ3) is 8.12. The van der Waals surface area contributed by atoms with Gasteiger partial charge in [0.1, 0.15) is 12.6 Å². The van der Waals surface area contributed by atoms with Gasteiger partial charge in [-0.1, -0.05) is 35.9 Å². The first-order chi connectivity index (χ1) is 16.4. The van der Waals surface area contributed by atoms with Gasteiger partial charge in [0.2, 0.25) is 21.8 Å². The predicted octanol–water partition coefficient (Wildman–Crippen LogP) is 4.46. The van der Waals surface area contributed by atoms with Crippen LogP contribution in [0.3, 0.4) is 0 Å². The third-order valence-corrected chi connectivity index (χ3v) is 6.61. The molecule has 0 aliphatic heterocycles. The molecule has 0 aromatic heterocycles. The lowest BCUT2D eigenvalue weighted by molar-refractivity contribution is -0.140. The van der Waals surface area contributed by atoms with Crippen LogP contribution in [0.4, 0.5) is 18.9 Å². The maximum Gasteiger partial charge on any atom is 0.416 e. The van der Waals surface area contributed by atoms with Crippen LogP contribution in [0, 0.1) is 0 Å². The zero-order chi connectivity index (χ0) is 27.5. The Morgan fingerprint density at radius 1 is 1.06 bits per heavy atom. The second-order valence-corrected chi connectivity index (χ2v) is 11.7. The van der Waals surface area contributed by atoms with E-state index in [0.717, 1.165) is 29.4 Å². The SMILES string of the molecule is C[C@H](C(=O)NC(C)(C)C)N(Cc1ccccc1Cl)C(=O)CN(c1cccc(C(F)(F)F)c1)S(C)(=O)=O. The van der Waals surface area contributed by atoms with E-state index in [0.29, 0.717) is 21.0 Å². The molecule has 198 valence electrons. The average molecular weight is 548 g/mol. The third-order valence-electron chi connectivity index (χ3n) is 5.10. The van der Waals surface area contributed by atoms with E-state index >= 15 is 0 Å². The fourth-order valence-electron chi connectivity index (χ4n) is 3.32. The Morgan fingerprint density at radius 3 is 2.19 bits per heavy atom. The minimum Gasteiger partial charge on any atom is -0.350 e. The van der Waals surface area contributed by atoms with Gasteiger partial charge in [0.25, 0.3) is 0 Å². The number of halogens is 4. The molecule has 0 aliphatic rings. The highest BCUT2D eigenvalue weighted by Gasteiger charge is 2.34. The monoisotopic (exact) mass is 547 g/mol. The molecule has 0 saturated heterocycles. The number of sulfonamides is 1. The van der Waals surface area contributed by atoms with Gasteiger partial charge in [-0.15, -0.1) is 0 Å². The van der Waals surface area contributed by atoms with Crippen LogP contribution in [-0.2, 0) is 32.3 Å². The number of amides is 2. The molecular weight excluding hydrogens is 519 g/mol. The van der Waals surface area contributed by atoms with E-state index < -0.39 is 51.7 Å². The van der Waals surface area contributed by atoms with Crippen molar-refractivity contribution in [2.24, 2.45) is 0 Å².